The molecule has 4 rings (SSSR count). The second-order valence-corrected chi connectivity index (χ2v) is 6.50. The SMILES string of the molecule is COc1ccc(-c2noc(CCCC(=O)Nc3ccc4c(c3)OCCO4)n2)cc1. The Labute approximate surface area is 167 Å². The summed E-state index contributed by atoms with van der Waals surface area (Å²) in [7, 11) is 1.62. The van der Waals surface area contributed by atoms with Gasteiger partial charge in [-0.3, -0.25) is 4.79 Å². The van der Waals surface area contributed by atoms with Gasteiger partial charge in [-0.1, -0.05) is 5.16 Å². The monoisotopic (exact) mass is 395 g/mol. The molecule has 0 atom stereocenters. The lowest BCUT2D eigenvalue weighted by molar-refractivity contribution is -0.116. The summed E-state index contributed by atoms with van der Waals surface area (Å²) in [5.41, 5.74) is 1.52. The number of carbonyl (C=O) groups is 1. The summed E-state index contributed by atoms with van der Waals surface area (Å²) in [4.78, 5) is 16.6. The third-order valence-electron chi connectivity index (χ3n) is 4.44. The molecule has 0 saturated carbocycles. The van der Waals surface area contributed by atoms with E-state index >= 15 is 0 Å². The number of rotatable bonds is 7. The first kappa shape index (κ1) is 18.8. The summed E-state index contributed by atoms with van der Waals surface area (Å²) >= 11 is 0. The molecule has 0 bridgehead atoms. The first-order valence-electron chi connectivity index (χ1n) is 9.38. The Morgan fingerprint density at radius 3 is 2.69 bits per heavy atom. The van der Waals surface area contributed by atoms with E-state index < -0.39 is 0 Å². The molecule has 3 aromatic rings. The highest BCUT2D eigenvalue weighted by atomic mass is 16.6. The first-order chi connectivity index (χ1) is 14.2. The smallest absolute Gasteiger partial charge is 0.226 e. The molecule has 0 unspecified atom stereocenters. The van der Waals surface area contributed by atoms with Gasteiger partial charge < -0.3 is 24.1 Å². The minimum atomic E-state index is -0.0865. The van der Waals surface area contributed by atoms with E-state index in [1.165, 1.54) is 0 Å². The van der Waals surface area contributed by atoms with Crippen molar-refractivity contribution in [1.29, 1.82) is 0 Å². The van der Waals surface area contributed by atoms with E-state index in [1.54, 1.807) is 25.3 Å². The highest BCUT2D eigenvalue weighted by molar-refractivity contribution is 5.91. The fourth-order valence-corrected chi connectivity index (χ4v) is 2.96. The van der Waals surface area contributed by atoms with Crippen LogP contribution >= 0.6 is 0 Å². The second kappa shape index (κ2) is 8.64. The molecule has 0 fully saturated rings. The lowest BCUT2D eigenvalue weighted by atomic mass is 10.2. The van der Waals surface area contributed by atoms with Crippen LogP contribution in [-0.2, 0) is 11.2 Å². The van der Waals surface area contributed by atoms with Gasteiger partial charge in [0.05, 0.1) is 7.11 Å². The van der Waals surface area contributed by atoms with E-state index in [-0.39, 0.29) is 5.91 Å². The molecule has 0 spiro atoms. The van der Waals surface area contributed by atoms with Crippen LogP contribution in [0.5, 0.6) is 17.2 Å². The van der Waals surface area contributed by atoms with Crippen LogP contribution in [0.15, 0.2) is 47.0 Å². The summed E-state index contributed by atoms with van der Waals surface area (Å²) in [5, 5.41) is 6.86. The highest BCUT2D eigenvalue weighted by Gasteiger charge is 2.13. The summed E-state index contributed by atoms with van der Waals surface area (Å²) in [6.07, 6.45) is 1.47. The van der Waals surface area contributed by atoms with E-state index in [9.17, 15) is 4.79 Å². The number of aryl methyl sites for hydroxylation is 1. The maximum absolute atomic E-state index is 12.2. The van der Waals surface area contributed by atoms with Crippen LogP contribution in [0.4, 0.5) is 5.69 Å². The van der Waals surface area contributed by atoms with Crippen molar-refractivity contribution in [3.8, 4) is 28.6 Å². The van der Waals surface area contributed by atoms with E-state index in [1.807, 2.05) is 24.3 Å². The normalized spacial score (nSPS) is 12.4. The van der Waals surface area contributed by atoms with Crippen LogP contribution in [-0.4, -0.2) is 36.4 Å². The summed E-state index contributed by atoms with van der Waals surface area (Å²) in [6, 6.07) is 12.8. The molecule has 1 aromatic heterocycles. The summed E-state index contributed by atoms with van der Waals surface area (Å²) < 4.78 is 21.4. The van der Waals surface area contributed by atoms with E-state index in [2.05, 4.69) is 15.5 Å². The van der Waals surface area contributed by atoms with Gasteiger partial charge in [0, 0.05) is 30.2 Å². The first-order valence-corrected chi connectivity index (χ1v) is 9.38. The molecule has 2 heterocycles. The Morgan fingerprint density at radius 1 is 1.10 bits per heavy atom. The van der Waals surface area contributed by atoms with Crippen LogP contribution in [0.2, 0.25) is 0 Å². The van der Waals surface area contributed by atoms with Crippen LogP contribution in [0.3, 0.4) is 0 Å². The molecule has 8 heteroatoms. The lowest BCUT2D eigenvalue weighted by Gasteiger charge is -2.19. The quantitative estimate of drug-likeness (QED) is 0.654. The standard InChI is InChI=1S/C21H21N3O5/c1-26-16-8-5-14(6-9-16)21-23-20(29-24-21)4-2-3-19(25)22-15-7-10-17-18(13-15)28-12-11-27-17/h5-10,13H,2-4,11-12H2,1H3,(H,22,25). The van der Waals surface area contributed by atoms with Crippen molar-refractivity contribution in [2.75, 3.05) is 25.6 Å². The van der Waals surface area contributed by atoms with Crippen molar-refractivity contribution >= 4 is 11.6 Å². The Hall–Kier alpha value is -3.55. The van der Waals surface area contributed by atoms with Crippen molar-refractivity contribution in [2.45, 2.75) is 19.3 Å². The van der Waals surface area contributed by atoms with E-state index in [0.29, 0.717) is 61.4 Å². The minimum Gasteiger partial charge on any atom is -0.497 e. The number of fused-ring (bicyclic) bond motifs is 1. The molecular formula is C21H21N3O5. The van der Waals surface area contributed by atoms with Gasteiger partial charge in [0.1, 0.15) is 19.0 Å². The number of hydrogen-bond acceptors (Lipinski definition) is 7. The number of hydrogen-bond donors (Lipinski definition) is 1. The second-order valence-electron chi connectivity index (χ2n) is 6.50. The van der Waals surface area contributed by atoms with E-state index in [0.717, 1.165) is 11.3 Å². The number of carbonyl (C=O) groups excluding carboxylic acids is 1. The lowest BCUT2D eigenvalue weighted by Crippen LogP contribution is -2.16. The molecule has 1 N–H and O–H groups in total. The Bertz CT molecular complexity index is 984. The number of anilines is 1. The van der Waals surface area contributed by atoms with Gasteiger partial charge in [0.2, 0.25) is 17.6 Å². The van der Waals surface area contributed by atoms with Crippen LogP contribution in [0, 0.1) is 0 Å². The number of nitrogens with one attached hydrogen (secondary N) is 1. The molecule has 0 saturated heterocycles. The molecule has 1 aliphatic rings. The predicted molar refractivity (Wildman–Crippen MR) is 105 cm³/mol. The van der Waals surface area contributed by atoms with Crippen LogP contribution < -0.4 is 19.5 Å². The van der Waals surface area contributed by atoms with Crippen LogP contribution in [0.1, 0.15) is 18.7 Å². The van der Waals surface area contributed by atoms with Gasteiger partial charge in [-0.15, -0.1) is 0 Å². The zero-order valence-electron chi connectivity index (χ0n) is 16.0. The molecule has 150 valence electrons. The Morgan fingerprint density at radius 2 is 1.90 bits per heavy atom. The number of benzene rings is 2. The number of aromatic nitrogens is 2. The minimum absolute atomic E-state index is 0.0865. The van der Waals surface area contributed by atoms with Gasteiger partial charge in [-0.2, -0.15) is 4.98 Å². The number of ether oxygens (including phenoxy) is 3. The zero-order chi connectivity index (χ0) is 20.1. The molecule has 1 aliphatic heterocycles. The maximum Gasteiger partial charge on any atom is 0.226 e. The predicted octanol–water partition coefficient (Wildman–Crippen LogP) is 3.48. The van der Waals surface area contributed by atoms with Crippen molar-refractivity contribution in [1.82, 2.24) is 10.1 Å². The van der Waals surface area contributed by atoms with Gasteiger partial charge in [-0.05, 0) is 42.8 Å². The van der Waals surface area contributed by atoms with Crippen molar-refractivity contribution < 1.29 is 23.5 Å². The highest BCUT2D eigenvalue weighted by Crippen LogP contribution is 2.32. The third-order valence-corrected chi connectivity index (χ3v) is 4.44. The van der Waals surface area contributed by atoms with Crippen molar-refractivity contribution in [3.05, 3.63) is 48.4 Å². The van der Waals surface area contributed by atoms with E-state index in [4.69, 9.17) is 18.7 Å². The zero-order valence-corrected chi connectivity index (χ0v) is 16.0. The molecule has 29 heavy (non-hydrogen) atoms. The van der Waals surface area contributed by atoms with Gasteiger partial charge in [-0.25, -0.2) is 0 Å². The molecule has 0 aliphatic carbocycles. The summed E-state index contributed by atoms with van der Waals surface area (Å²) in [5.74, 6) is 3.04. The largest absolute Gasteiger partial charge is 0.497 e. The maximum atomic E-state index is 12.2. The van der Waals surface area contributed by atoms with Crippen molar-refractivity contribution in [3.63, 3.8) is 0 Å². The fourth-order valence-electron chi connectivity index (χ4n) is 2.96. The Balaban J connectivity index is 1.27. The van der Waals surface area contributed by atoms with Crippen molar-refractivity contribution in [2.24, 2.45) is 0 Å². The Kier molecular flexibility index (Phi) is 5.60. The number of nitrogens with zero attached hydrogens (tertiary/aromatic N) is 2. The topological polar surface area (TPSA) is 95.7 Å². The van der Waals surface area contributed by atoms with Crippen LogP contribution in [0.25, 0.3) is 11.4 Å². The number of amides is 1. The van der Waals surface area contributed by atoms with Gasteiger partial charge in [0.15, 0.2) is 11.5 Å². The fraction of sp³-hybridized carbons (Fsp3) is 0.286. The number of methoxy groups -OCH3 is 1. The third kappa shape index (κ3) is 4.66. The molecule has 2 aromatic carbocycles. The molecule has 1 amide bonds. The molecule has 0 radical (unpaired) electrons. The summed E-state index contributed by atoms with van der Waals surface area (Å²) in [6.45, 7) is 1.04. The van der Waals surface area contributed by atoms with Gasteiger partial charge in [0.25, 0.3) is 0 Å². The molecule has 8 nitrogen and oxygen atoms in total. The average molecular weight is 395 g/mol. The molecular weight excluding hydrogens is 374 g/mol. The average Bonchev–Trinajstić information content (AvgIpc) is 3.22. The van der Waals surface area contributed by atoms with Gasteiger partial charge >= 0.3 is 0 Å².